The third-order valence-electron chi connectivity index (χ3n) is 3.13. The van der Waals surface area contributed by atoms with Crippen molar-refractivity contribution >= 4 is 11.6 Å². The van der Waals surface area contributed by atoms with Gasteiger partial charge in [0, 0.05) is 18.7 Å². The Morgan fingerprint density at radius 1 is 1.26 bits per heavy atom. The van der Waals surface area contributed by atoms with Gasteiger partial charge in [-0.05, 0) is 36.2 Å². The molecular formula is C16H15FN2O4. The zero-order valence-electron chi connectivity index (χ0n) is 12.4. The molecule has 23 heavy (non-hydrogen) atoms. The average molecular weight is 318 g/mol. The second kappa shape index (κ2) is 7.35. The van der Waals surface area contributed by atoms with E-state index in [0.717, 1.165) is 5.56 Å². The molecule has 0 aliphatic rings. The number of hydrogen-bond donors (Lipinski definition) is 1. The van der Waals surface area contributed by atoms with Crippen molar-refractivity contribution < 1.29 is 18.8 Å². The molecule has 0 saturated heterocycles. The quantitative estimate of drug-likeness (QED) is 0.656. The molecule has 120 valence electrons. The van der Waals surface area contributed by atoms with Crippen LogP contribution in [0.5, 0.6) is 5.75 Å². The van der Waals surface area contributed by atoms with E-state index in [-0.39, 0.29) is 30.6 Å². The SMILES string of the molecule is Cc1cc(CNC(=O)COc2ccc([N+](=O)[O-])cc2)ccc1F. The maximum Gasteiger partial charge on any atom is 0.269 e. The van der Waals surface area contributed by atoms with Crippen LogP contribution in [0, 0.1) is 22.9 Å². The highest BCUT2D eigenvalue weighted by Gasteiger charge is 2.07. The van der Waals surface area contributed by atoms with Gasteiger partial charge in [-0.15, -0.1) is 0 Å². The Kier molecular flexibility index (Phi) is 5.24. The van der Waals surface area contributed by atoms with Crippen LogP contribution in [0.1, 0.15) is 11.1 Å². The molecule has 0 heterocycles. The third-order valence-corrected chi connectivity index (χ3v) is 3.13. The van der Waals surface area contributed by atoms with Crippen LogP contribution in [0.25, 0.3) is 0 Å². The van der Waals surface area contributed by atoms with E-state index in [0.29, 0.717) is 11.3 Å². The molecule has 0 saturated carbocycles. The number of carbonyl (C=O) groups is 1. The predicted octanol–water partition coefficient (Wildman–Crippen LogP) is 2.74. The molecule has 2 aromatic rings. The summed E-state index contributed by atoms with van der Waals surface area (Å²) < 4.78 is 18.4. The molecule has 6 nitrogen and oxygen atoms in total. The van der Waals surface area contributed by atoms with E-state index < -0.39 is 4.92 Å². The molecule has 0 fully saturated rings. The first-order valence-electron chi connectivity index (χ1n) is 6.84. The Balaban J connectivity index is 1.80. The van der Waals surface area contributed by atoms with Crippen molar-refractivity contribution in [1.82, 2.24) is 5.32 Å². The zero-order chi connectivity index (χ0) is 16.8. The van der Waals surface area contributed by atoms with E-state index in [1.54, 1.807) is 19.1 Å². The molecule has 2 rings (SSSR count). The van der Waals surface area contributed by atoms with Gasteiger partial charge in [-0.25, -0.2) is 4.39 Å². The fourth-order valence-electron chi connectivity index (χ4n) is 1.88. The van der Waals surface area contributed by atoms with Gasteiger partial charge in [-0.3, -0.25) is 14.9 Å². The zero-order valence-corrected chi connectivity index (χ0v) is 12.4. The van der Waals surface area contributed by atoms with Gasteiger partial charge in [0.25, 0.3) is 11.6 Å². The smallest absolute Gasteiger partial charge is 0.269 e. The topological polar surface area (TPSA) is 81.5 Å². The number of halogens is 1. The maximum atomic E-state index is 13.1. The minimum Gasteiger partial charge on any atom is -0.484 e. The molecule has 0 atom stereocenters. The third kappa shape index (κ3) is 4.77. The van der Waals surface area contributed by atoms with Crippen LogP contribution in [0.4, 0.5) is 10.1 Å². The van der Waals surface area contributed by atoms with Crippen LogP contribution >= 0.6 is 0 Å². The van der Waals surface area contributed by atoms with Crippen LogP contribution in [0.15, 0.2) is 42.5 Å². The van der Waals surface area contributed by atoms with Crippen LogP contribution in [0.3, 0.4) is 0 Å². The number of nitrogens with one attached hydrogen (secondary N) is 1. The summed E-state index contributed by atoms with van der Waals surface area (Å²) >= 11 is 0. The number of ether oxygens (including phenoxy) is 1. The molecule has 1 N–H and O–H groups in total. The van der Waals surface area contributed by atoms with Crippen molar-refractivity contribution in [2.75, 3.05) is 6.61 Å². The average Bonchev–Trinajstić information content (AvgIpc) is 2.54. The molecule has 0 bridgehead atoms. The number of benzene rings is 2. The summed E-state index contributed by atoms with van der Waals surface area (Å²) in [6.07, 6.45) is 0. The molecule has 0 spiro atoms. The fourth-order valence-corrected chi connectivity index (χ4v) is 1.88. The molecule has 7 heteroatoms. The normalized spacial score (nSPS) is 10.2. The second-order valence-corrected chi connectivity index (χ2v) is 4.90. The lowest BCUT2D eigenvalue weighted by Crippen LogP contribution is -2.28. The summed E-state index contributed by atoms with van der Waals surface area (Å²) in [5.74, 6) is -0.268. The largest absolute Gasteiger partial charge is 0.484 e. The van der Waals surface area contributed by atoms with E-state index in [9.17, 15) is 19.3 Å². The van der Waals surface area contributed by atoms with E-state index >= 15 is 0 Å². The van der Waals surface area contributed by atoms with E-state index in [2.05, 4.69) is 5.32 Å². The second-order valence-electron chi connectivity index (χ2n) is 4.90. The van der Waals surface area contributed by atoms with Gasteiger partial charge >= 0.3 is 0 Å². The number of nitro benzene ring substituents is 1. The lowest BCUT2D eigenvalue weighted by Gasteiger charge is -2.08. The van der Waals surface area contributed by atoms with Crippen LogP contribution in [-0.4, -0.2) is 17.4 Å². The van der Waals surface area contributed by atoms with Crippen molar-refractivity contribution in [3.8, 4) is 5.75 Å². The van der Waals surface area contributed by atoms with Crippen molar-refractivity contribution in [2.24, 2.45) is 0 Å². The fraction of sp³-hybridized carbons (Fsp3) is 0.188. The summed E-state index contributed by atoms with van der Waals surface area (Å²) in [5, 5.41) is 13.2. The Labute approximate surface area is 132 Å². The van der Waals surface area contributed by atoms with Crippen molar-refractivity contribution in [2.45, 2.75) is 13.5 Å². The van der Waals surface area contributed by atoms with Gasteiger partial charge in [0.15, 0.2) is 6.61 Å². The highest BCUT2D eigenvalue weighted by atomic mass is 19.1. The van der Waals surface area contributed by atoms with Gasteiger partial charge in [-0.1, -0.05) is 12.1 Å². The summed E-state index contributed by atoms with van der Waals surface area (Å²) in [7, 11) is 0. The van der Waals surface area contributed by atoms with Crippen molar-refractivity contribution in [3.05, 3.63) is 69.5 Å². The first-order chi connectivity index (χ1) is 11.0. The molecule has 2 aromatic carbocycles. The minimum atomic E-state index is -0.513. The Hall–Kier alpha value is -2.96. The van der Waals surface area contributed by atoms with Crippen LogP contribution in [-0.2, 0) is 11.3 Å². The van der Waals surface area contributed by atoms with Gasteiger partial charge in [0.2, 0.25) is 0 Å². The van der Waals surface area contributed by atoms with E-state index in [1.807, 2.05) is 0 Å². The van der Waals surface area contributed by atoms with E-state index in [4.69, 9.17) is 4.74 Å². The number of hydrogen-bond acceptors (Lipinski definition) is 4. The van der Waals surface area contributed by atoms with Gasteiger partial charge in [-0.2, -0.15) is 0 Å². The Morgan fingerprint density at radius 2 is 1.96 bits per heavy atom. The van der Waals surface area contributed by atoms with Crippen molar-refractivity contribution in [3.63, 3.8) is 0 Å². The standard InChI is InChI=1S/C16H15FN2O4/c1-11-8-12(2-7-15(11)17)9-18-16(20)10-23-14-5-3-13(4-6-14)19(21)22/h2-8H,9-10H2,1H3,(H,18,20). The molecule has 0 aliphatic carbocycles. The number of aryl methyl sites for hydroxylation is 1. The number of carbonyl (C=O) groups excluding carboxylic acids is 1. The summed E-state index contributed by atoms with van der Waals surface area (Å²) in [6, 6.07) is 10.1. The molecule has 1 amide bonds. The summed E-state index contributed by atoms with van der Waals surface area (Å²) in [5.41, 5.74) is 1.25. The lowest BCUT2D eigenvalue weighted by molar-refractivity contribution is -0.384. The summed E-state index contributed by atoms with van der Waals surface area (Å²) in [4.78, 5) is 21.7. The van der Waals surface area contributed by atoms with Crippen LogP contribution < -0.4 is 10.1 Å². The minimum absolute atomic E-state index is 0.0477. The number of rotatable bonds is 6. The molecular weight excluding hydrogens is 303 g/mol. The van der Waals surface area contributed by atoms with Gasteiger partial charge < -0.3 is 10.1 Å². The predicted molar refractivity (Wildman–Crippen MR) is 81.6 cm³/mol. The van der Waals surface area contributed by atoms with Crippen LogP contribution in [0.2, 0.25) is 0 Å². The molecule has 0 unspecified atom stereocenters. The van der Waals surface area contributed by atoms with E-state index in [1.165, 1.54) is 30.3 Å². The summed E-state index contributed by atoms with van der Waals surface area (Å²) in [6.45, 7) is 1.71. The Bertz CT molecular complexity index is 717. The molecule has 0 aliphatic heterocycles. The van der Waals surface area contributed by atoms with Gasteiger partial charge in [0.05, 0.1) is 4.92 Å². The highest BCUT2D eigenvalue weighted by Crippen LogP contribution is 2.17. The molecule has 0 radical (unpaired) electrons. The maximum absolute atomic E-state index is 13.1. The first-order valence-corrected chi connectivity index (χ1v) is 6.84. The number of non-ortho nitro benzene ring substituents is 1. The number of nitro groups is 1. The highest BCUT2D eigenvalue weighted by molar-refractivity contribution is 5.77. The number of amides is 1. The first kappa shape index (κ1) is 16.4. The Morgan fingerprint density at radius 3 is 2.57 bits per heavy atom. The monoisotopic (exact) mass is 318 g/mol. The van der Waals surface area contributed by atoms with Gasteiger partial charge in [0.1, 0.15) is 11.6 Å². The molecule has 0 aromatic heterocycles. The number of nitrogens with zero attached hydrogens (tertiary/aromatic N) is 1. The van der Waals surface area contributed by atoms with Crippen molar-refractivity contribution in [1.29, 1.82) is 0 Å². The lowest BCUT2D eigenvalue weighted by atomic mass is 10.1.